The minimum Gasteiger partial charge on any atom is -0.294 e. The smallest absolute Gasteiger partial charge is 0.166 e. The Morgan fingerprint density at radius 3 is 2.58 bits per heavy atom. The van der Waals surface area contributed by atoms with E-state index in [1.807, 2.05) is 24.3 Å². The number of hydrogen-bond acceptors (Lipinski definition) is 1. The number of benzene rings is 2. The van der Waals surface area contributed by atoms with Crippen LogP contribution in [0.25, 0.3) is 10.8 Å². The van der Waals surface area contributed by atoms with Gasteiger partial charge in [0.2, 0.25) is 0 Å². The number of carbonyl (C=O) groups is 1. The standard InChI is InChI=1S/C18H18O/c19-18(17-11-12-8-9-14(17)10-12)16-7-3-5-13-4-1-2-6-15(13)16/h1-7,12,14,17H,8-11H2. The molecule has 3 unspecified atom stereocenters. The molecule has 1 nitrogen and oxygen atoms in total. The minimum absolute atomic E-state index is 0.296. The molecule has 19 heavy (non-hydrogen) atoms. The van der Waals surface area contributed by atoms with Crippen LogP contribution in [0.4, 0.5) is 0 Å². The lowest BCUT2D eigenvalue weighted by Crippen LogP contribution is -2.21. The van der Waals surface area contributed by atoms with E-state index < -0.39 is 0 Å². The molecule has 0 saturated heterocycles. The molecule has 3 atom stereocenters. The largest absolute Gasteiger partial charge is 0.294 e. The van der Waals surface area contributed by atoms with Gasteiger partial charge in [0.1, 0.15) is 0 Å². The van der Waals surface area contributed by atoms with Crippen LogP contribution in [0.1, 0.15) is 36.0 Å². The lowest BCUT2D eigenvalue weighted by molar-refractivity contribution is 0.0876. The summed E-state index contributed by atoms with van der Waals surface area (Å²) in [6.07, 6.45) is 5.05. The van der Waals surface area contributed by atoms with Crippen LogP contribution in [0.15, 0.2) is 42.5 Å². The second-order valence-corrected chi connectivity index (χ2v) is 6.17. The molecule has 96 valence electrons. The Bertz CT molecular complexity index is 638. The highest BCUT2D eigenvalue weighted by atomic mass is 16.1. The Kier molecular flexibility index (Phi) is 2.48. The van der Waals surface area contributed by atoms with Crippen molar-refractivity contribution >= 4 is 16.6 Å². The number of carbonyl (C=O) groups excluding carboxylic acids is 1. The molecular weight excluding hydrogens is 232 g/mol. The van der Waals surface area contributed by atoms with Crippen molar-refractivity contribution in [2.75, 3.05) is 0 Å². The summed E-state index contributed by atoms with van der Waals surface area (Å²) >= 11 is 0. The normalized spacial score (nSPS) is 28.9. The van der Waals surface area contributed by atoms with Crippen LogP contribution in [-0.4, -0.2) is 5.78 Å². The summed E-state index contributed by atoms with van der Waals surface area (Å²) in [5, 5.41) is 2.30. The fraction of sp³-hybridized carbons (Fsp3) is 0.389. The van der Waals surface area contributed by atoms with Crippen molar-refractivity contribution in [2.45, 2.75) is 25.7 Å². The second-order valence-electron chi connectivity index (χ2n) is 6.17. The van der Waals surface area contributed by atoms with E-state index >= 15 is 0 Å². The van der Waals surface area contributed by atoms with Crippen molar-refractivity contribution in [3.63, 3.8) is 0 Å². The molecule has 2 aromatic carbocycles. The first kappa shape index (κ1) is 11.2. The van der Waals surface area contributed by atoms with E-state index in [1.54, 1.807) is 0 Å². The van der Waals surface area contributed by atoms with Crippen LogP contribution in [0.5, 0.6) is 0 Å². The summed E-state index contributed by atoms with van der Waals surface area (Å²) in [4.78, 5) is 12.9. The van der Waals surface area contributed by atoms with Gasteiger partial charge in [0, 0.05) is 11.5 Å². The van der Waals surface area contributed by atoms with Gasteiger partial charge in [-0.05, 0) is 41.9 Å². The zero-order valence-corrected chi connectivity index (χ0v) is 11.0. The molecule has 2 aliphatic carbocycles. The van der Waals surface area contributed by atoms with Crippen molar-refractivity contribution < 1.29 is 4.79 Å². The maximum atomic E-state index is 12.9. The molecule has 2 bridgehead atoms. The maximum Gasteiger partial charge on any atom is 0.166 e. The molecule has 0 aliphatic heterocycles. The highest BCUT2D eigenvalue weighted by Gasteiger charge is 2.43. The van der Waals surface area contributed by atoms with Gasteiger partial charge in [0.15, 0.2) is 5.78 Å². The molecule has 0 amide bonds. The number of hydrogen-bond donors (Lipinski definition) is 0. The predicted octanol–water partition coefficient (Wildman–Crippen LogP) is 4.46. The predicted molar refractivity (Wildman–Crippen MR) is 77.2 cm³/mol. The second kappa shape index (κ2) is 4.19. The maximum absolute atomic E-state index is 12.9. The Labute approximate surface area is 113 Å². The van der Waals surface area contributed by atoms with E-state index in [0.717, 1.165) is 23.3 Å². The number of fused-ring (bicyclic) bond motifs is 3. The van der Waals surface area contributed by atoms with Crippen LogP contribution in [-0.2, 0) is 0 Å². The quantitative estimate of drug-likeness (QED) is 0.719. The van der Waals surface area contributed by atoms with Gasteiger partial charge in [0.25, 0.3) is 0 Å². The van der Waals surface area contributed by atoms with Crippen molar-refractivity contribution in [2.24, 2.45) is 17.8 Å². The first-order valence-corrected chi connectivity index (χ1v) is 7.35. The number of Topliss-reactive ketones (excluding diaryl/α,β-unsaturated/α-hetero) is 1. The molecule has 2 aliphatic rings. The van der Waals surface area contributed by atoms with Gasteiger partial charge in [-0.1, -0.05) is 48.9 Å². The van der Waals surface area contributed by atoms with Crippen LogP contribution in [0, 0.1) is 17.8 Å². The highest BCUT2D eigenvalue weighted by molar-refractivity contribution is 6.09. The van der Waals surface area contributed by atoms with Gasteiger partial charge < -0.3 is 0 Å². The number of ketones is 1. The zero-order chi connectivity index (χ0) is 12.8. The Morgan fingerprint density at radius 1 is 0.947 bits per heavy atom. The highest BCUT2D eigenvalue weighted by Crippen LogP contribution is 2.49. The van der Waals surface area contributed by atoms with Gasteiger partial charge in [-0.15, -0.1) is 0 Å². The van der Waals surface area contributed by atoms with E-state index in [2.05, 4.69) is 18.2 Å². The monoisotopic (exact) mass is 250 g/mol. The first-order chi connectivity index (χ1) is 9.33. The van der Waals surface area contributed by atoms with E-state index in [9.17, 15) is 4.79 Å². The van der Waals surface area contributed by atoms with Crippen LogP contribution >= 0.6 is 0 Å². The Hall–Kier alpha value is -1.63. The Morgan fingerprint density at radius 2 is 1.79 bits per heavy atom. The van der Waals surface area contributed by atoms with E-state index in [4.69, 9.17) is 0 Å². The SMILES string of the molecule is O=C(c1cccc2ccccc12)C1CC2CCC1C2. The molecule has 0 spiro atoms. The van der Waals surface area contributed by atoms with Gasteiger partial charge >= 0.3 is 0 Å². The summed E-state index contributed by atoms with van der Waals surface area (Å²) < 4.78 is 0. The van der Waals surface area contributed by atoms with E-state index in [1.165, 1.54) is 24.6 Å². The van der Waals surface area contributed by atoms with Crippen LogP contribution < -0.4 is 0 Å². The molecule has 1 heteroatoms. The van der Waals surface area contributed by atoms with Gasteiger partial charge in [-0.3, -0.25) is 4.79 Å². The van der Waals surface area contributed by atoms with Crippen molar-refractivity contribution in [1.82, 2.24) is 0 Å². The lowest BCUT2D eigenvalue weighted by Gasteiger charge is -2.21. The molecule has 4 rings (SSSR count). The zero-order valence-electron chi connectivity index (χ0n) is 11.0. The summed E-state index contributed by atoms with van der Waals surface area (Å²) in [6.45, 7) is 0. The molecule has 2 fully saturated rings. The van der Waals surface area contributed by atoms with Crippen molar-refractivity contribution in [3.8, 4) is 0 Å². The molecule has 0 aromatic heterocycles. The molecule has 2 aromatic rings. The summed E-state index contributed by atoms with van der Waals surface area (Å²) in [5.41, 5.74) is 0.940. The molecule has 2 saturated carbocycles. The Balaban J connectivity index is 1.76. The number of rotatable bonds is 2. The average molecular weight is 250 g/mol. The molecule has 0 radical (unpaired) electrons. The summed E-state index contributed by atoms with van der Waals surface area (Å²) in [7, 11) is 0. The molecule has 0 heterocycles. The molecular formula is C18H18O. The van der Waals surface area contributed by atoms with Crippen molar-refractivity contribution in [1.29, 1.82) is 0 Å². The van der Waals surface area contributed by atoms with E-state index in [0.29, 0.717) is 17.6 Å². The van der Waals surface area contributed by atoms with Gasteiger partial charge in [-0.25, -0.2) is 0 Å². The van der Waals surface area contributed by atoms with Crippen LogP contribution in [0.3, 0.4) is 0 Å². The minimum atomic E-state index is 0.296. The van der Waals surface area contributed by atoms with Crippen molar-refractivity contribution in [3.05, 3.63) is 48.0 Å². The topological polar surface area (TPSA) is 17.1 Å². The van der Waals surface area contributed by atoms with Gasteiger partial charge in [0.05, 0.1) is 0 Å². The van der Waals surface area contributed by atoms with E-state index in [-0.39, 0.29) is 0 Å². The first-order valence-electron chi connectivity index (χ1n) is 7.35. The third kappa shape index (κ3) is 1.72. The molecule has 0 N–H and O–H groups in total. The van der Waals surface area contributed by atoms with Crippen LogP contribution in [0.2, 0.25) is 0 Å². The fourth-order valence-electron chi connectivity index (χ4n) is 4.21. The third-order valence-electron chi connectivity index (χ3n) is 5.13. The van der Waals surface area contributed by atoms with Gasteiger partial charge in [-0.2, -0.15) is 0 Å². The third-order valence-corrected chi connectivity index (χ3v) is 5.13. The summed E-state index contributed by atoms with van der Waals surface area (Å²) in [6, 6.07) is 14.4. The summed E-state index contributed by atoms with van der Waals surface area (Å²) in [5.74, 6) is 2.18. The average Bonchev–Trinajstić information content (AvgIpc) is 3.08. The lowest BCUT2D eigenvalue weighted by atomic mass is 9.82. The fourth-order valence-corrected chi connectivity index (χ4v) is 4.21.